The van der Waals surface area contributed by atoms with Gasteiger partial charge in [-0.05, 0) is 18.2 Å². The van der Waals surface area contributed by atoms with Crippen LogP contribution in [0, 0.1) is 5.41 Å². The fourth-order valence-electron chi connectivity index (χ4n) is 2.07. The molecule has 5 heteroatoms. The Morgan fingerprint density at radius 1 is 1.30 bits per heavy atom. The number of H-pyrrole nitrogens is 1. The third-order valence-corrected chi connectivity index (χ3v) is 3.18. The highest BCUT2D eigenvalue weighted by Gasteiger charge is 2.28. The Balaban J connectivity index is 2.04. The van der Waals surface area contributed by atoms with Gasteiger partial charge in [0, 0.05) is 28.8 Å². The third kappa shape index (κ3) is 2.11. The van der Waals surface area contributed by atoms with Crippen LogP contribution in [0.2, 0.25) is 0 Å². The van der Waals surface area contributed by atoms with E-state index in [-0.39, 0.29) is 11.3 Å². The first-order chi connectivity index (χ1) is 9.45. The summed E-state index contributed by atoms with van der Waals surface area (Å²) in [5.74, 6) is 0.542. The standard InChI is InChI=1S/C15H16N4O/c1-15(2,3)14-18-11(13(20)19-14)7-9-8-17-12-10(9)5-4-6-16-12/h4-8H,1-3H3,(H,16,17)(H,18,19,20)/b11-7-. The van der Waals surface area contributed by atoms with E-state index in [0.29, 0.717) is 11.5 Å². The smallest absolute Gasteiger partial charge is 0.275 e. The molecule has 0 bridgehead atoms. The molecule has 2 aromatic heterocycles. The predicted octanol–water partition coefficient (Wildman–Crippen LogP) is 2.48. The van der Waals surface area contributed by atoms with Crippen molar-refractivity contribution in [1.29, 1.82) is 0 Å². The summed E-state index contributed by atoms with van der Waals surface area (Å²) in [6, 6.07) is 3.84. The van der Waals surface area contributed by atoms with Crippen molar-refractivity contribution in [2.45, 2.75) is 20.8 Å². The molecule has 1 aliphatic heterocycles. The van der Waals surface area contributed by atoms with Crippen molar-refractivity contribution in [2.75, 3.05) is 0 Å². The molecule has 102 valence electrons. The molecule has 0 aliphatic carbocycles. The van der Waals surface area contributed by atoms with Gasteiger partial charge in [0.15, 0.2) is 0 Å². The Morgan fingerprint density at radius 3 is 2.80 bits per heavy atom. The van der Waals surface area contributed by atoms with Gasteiger partial charge in [-0.15, -0.1) is 0 Å². The van der Waals surface area contributed by atoms with Gasteiger partial charge in [0.2, 0.25) is 0 Å². The predicted molar refractivity (Wildman–Crippen MR) is 79.1 cm³/mol. The number of carbonyl (C=O) groups is 1. The highest BCUT2D eigenvalue weighted by molar-refractivity contribution is 6.16. The van der Waals surface area contributed by atoms with Gasteiger partial charge < -0.3 is 10.3 Å². The molecular weight excluding hydrogens is 252 g/mol. The van der Waals surface area contributed by atoms with Crippen molar-refractivity contribution in [3.63, 3.8) is 0 Å². The summed E-state index contributed by atoms with van der Waals surface area (Å²) in [6.07, 6.45) is 5.35. The van der Waals surface area contributed by atoms with Crippen molar-refractivity contribution in [1.82, 2.24) is 15.3 Å². The number of amidine groups is 1. The molecule has 3 rings (SSSR count). The van der Waals surface area contributed by atoms with E-state index in [1.54, 1.807) is 12.3 Å². The van der Waals surface area contributed by atoms with Gasteiger partial charge in [-0.3, -0.25) is 4.79 Å². The number of amides is 1. The first kappa shape index (κ1) is 12.6. The zero-order valence-electron chi connectivity index (χ0n) is 11.7. The van der Waals surface area contributed by atoms with Crippen LogP contribution in [0.4, 0.5) is 0 Å². The average Bonchev–Trinajstić information content (AvgIpc) is 2.95. The number of nitrogens with zero attached hydrogens (tertiary/aromatic N) is 2. The van der Waals surface area contributed by atoms with Gasteiger partial charge in [-0.25, -0.2) is 9.98 Å². The summed E-state index contributed by atoms with van der Waals surface area (Å²) < 4.78 is 0. The summed E-state index contributed by atoms with van der Waals surface area (Å²) >= 11 is 0. The summed E-state index contributed by atoms with van der Waals surface area (Å²) in [6.45, 7) is 6.06. The topological polar surface area (TPSA) is 70.1 Å². The second-order valence-corrected chi connectivity index (χ2v) is 5.84. The van der Waals surface area contributed by atoms with Crippen LogP contribution in [-0.2, 0) is 4.79 Å². The third-order valence-electron chi connectivity index (χ3n) is 3.18. The molecule has 0 radical (unpaired) electrons. The zero-order chi connectivity index (χ0) is 14.3. The van der Waals surface area contributed by atoms with Crippen molar-refractivity contribution in [2.24, 2.45) is 10.4 Å². The first-order valence-electron chi connectivity index (χ1n) is 6.49. The minimum atomic E-state index is -0.174. The van der Waals surface area contributed by atoms with Crippen LogP contribution in [0.5, 0.6) is 0 Å². The number of aromatic nitrogens is 2. The van der Waals surface area contributed by atoms with Gasteiger partial charge in [0.05, 0.1) is 0 Å². The lowest BCUT2D eigenvalue weighted by Crippen LogP contribution is -2.34. The van der Waals surface area contributed by atoms with Crippen LogP contribution in [-0.4, -0.2) is 21.7 Å². The quantitative estimate of drug-likeness (QED) is 0.780. The van der Waals surface area contributed by atoms with Gasteiger partial charge in [-0.1, -0.05) is 20.8 Å². The largest absolute Gasteiger partial charge is 0.346 e. The Morgan fingerprint density at radius 2 is 2.10 bits per heavy atom. The summed E-state index contributed by atoms with van der Waals surface area (Å²) in [5.41, 5.74) is 1.97. The van der Waals surface area contributed by atoms with E-state index in [4.69, 9.17) is 0 Å². The maximum Gasteiger partial charge on any atom is 0.275 e. The van der Waals surface area contributed by atoms with Crippen LogP contribution >= 0.6 is 0 Å². The number of carbonyl (C=O) groups excluding carboxylic acids is 1. The van der Waals surface area contributed by atoms with E-state index in [0.717, 1.165) is 16.6 Å². The second kappa shape index (κ2) is 4.30. The van der Waals surface area contributed by atoms with Crippen LogP contribution in [0.3, 0.4) is 0 Å². The molecule has 20 heavy (non-hydrogen) atoms. The van der Waals surface area contributed by atoms with Gasteiger partial charge >= 0.3 is 0 Å². The zero-order valence-corrected chi connectivity index (χ0v) is 11.7. The summed E-state index contributed by atoms with van der Waals surface area (Å²) in [7, 11) is 0. The molecule has 0 unspecified atom stereocenters. The Labute approximate surface area is 116 Å². The molecule has 1 aliphatic rings. The number of fused-ring (bicyclic) bond motifs is 1. The molecule has 5 nitrogen and oxygen atoms in total. The van der Waals surface area contributed by atoms with Gasteiger partial charge in [-0.2, -0.15) is 0 Å². The molecule has 2 aromatic rings. The molecule has 0 fully saturated rings. The molecule has 0 saturated heterocycles. The maximum atomic E-state index is 12.0. The van der Waals surface area contributed by atoms with Gasteiger partial charge in [0.1, 0.15) is 17.2 Å². The minimum absolute atomic E-state index is 0.159. The number of hydrogen-bond donors (Lipinski definition) is 2. The van der Waals surface area contributed by atoms with Crippen molar-refractivity contribution >= 4 is 28.9 Å². The molecule has 0 aromatic carbocycles. The first-order valence-corrected chi connectivity index (χ1v) is 6.49. The second-order valence-electron chi connectivity index (χ2n) is 5.84. The molecule has 3 heterocycles. The van der Waals surface area contributed by atoms with Crippen molar-refractivity contribution in [3.05, 3.63) is 35.8 Å². The monoisotopic (exact) mass is 268 g/mol. The van der Waals surface area contributed by atoms with Crippen LogP contribution in [0.15, 0.2) is 35.2 Å². The Hall–Kier alpha value is -2.43. The fourth-order valence-corrected chi connectivity index (χ4v) is 2.07. The van der Waals surface area contributed by atoms with E-state index < -0.39 is 0 Å². The fraction of sp³-hybridized carbons (Fsp3) is 0.267. The lowest BCUT2D eigenvalue weighted by molar-refractivity contribution is -0.115. The summed E-state index contributed by atoms with van der Waals surface area (Å²) in [5, 5.41) is 3.80. The molecule has 0 spiro atoms. The summed E-state index contributed by atoms with van der Waals surface area (Å²) in [4.78, 5) is 23.7. The van der Waals surface area contributed by atoms with Crippen LogP contribution < -0.4 is 5.32 Å². The van der Waals surface area contributed by atoms with E-state index in [1.807, 2.05) is 39.1 Å². The number of rotatable bonds is 1. The van der Waals surface area contributed by atoms with Crippen molar-refractivity contribution in [3.8, 4) is 0 Å². The highest BCUT2D eigenvalue weighted by atomic mass is 16.2. The van der Waals surface area contributed by atoms with Crippen molar-refractivity contribution < 1.29 is 4.79 Å². The Bertz CT molecular complexity index is 747. The Kier molecular flexibility index (Phi) is 2.71. The minimum Gasteiger partial charge on any atom is -0.346 e. The number of aliphatic imine (C=N–C) groups is 1. The molecule has 0 atom stereocenters. The normalized spacial score (nSPS) is 17.6. The van der Waals surface area contributed by atoms with E-state index >= 15 is 0 Å². The van der Waals surface area contributed by atoms with E-state index in [1.165, 1.54) is 0 Å². The van der Waals surface area contributed by atoms with Gasteiger partial charge in [0.25, 0.3) is 5.91 Å². The van der Waals surface area contributed by atoms with E-state index in [9.17, 15) is 4.79 Å². The van der Waals surface area contributed by atoms with E-state index in [2.05, 4.69) is 20.3 Å². The molecular formula is C15H16N4O. The lowest BCUT2D eigenvalue weighted by Gasteiger charge is -2.16. The van der Waals surface area contributed by atoms with Crippen LogP contribution in [0.25, 0.3) is 17.1 Å². The number of aromatic amines is 1. The number of pyridine rings is 1. The molecule has 0 saturated carbocycles. The molecule has 2 N–H and O–H groups in total. The van der Waals surface area contributed by atoms with Crippen LogP contribution in [0.1, 0.15) is 26.3 Å². The number of nitrogens with one attached hydrogen (secondary N) is 2. The lowest BCUT2D eigenvalue weighted by atomic mass is 9.95. The SMILES string of the molecule is CC(C)(C)C1=N/C(=C\c2c[nH]c3ncccc23)C(=O)N1. The number of hydrogen-bond acceptors (Lipinski definition) is 3. The average molecular weight is 268 g/mol. The molecule has 1 amide bonds. The maximum absolute atomic E-state index is 12.0. The highest BCUT2D eigenvalue weighted by Crippen LogP contribution is 2.24.